The molecule has 1 aliphatic heterocycles. The third-order valence-corrected chi connectivity index (χ3v) is 5.89. The molecule has 0 aromatic heterocycles. The molecule has 0 amide bonds. The Hall–Kier alpha value is -3.53. The molecule has 4 rings (SSSR count). The Morgan fingerprint density at radius 2 is 1.65 bits per heavy atom. The summed E-state index contributed by atoms with van der Waals surface area (Å²) in [6, 6.07) is 25.1. The van der Waals surface area contributed by atoms with E-state index in [4.69, 9.17) is 16.6 Å². The quantitative estimate of drug-likeness (QED) is 0.512. The lowest BCUT2D eigenvalue weighted by atomic mass is 9.96. The Morgan fingerprint density at radius 1 is 0.968 bits per heavy atom. The van der Waals surface area contributed by atoms with Crippen LogP contribution in [0.15, 0.2) is 83.6 Å². The van der Waals surface area contributed by atoms with Crippen molar-refractivity contribution in [2.45, 2.75) is 39.2 Å². The van der Waals surface area contributed by atoms with Crippen LogP contribution in [0, 0.1) is 0 Å². The van der Waals surface area contributed by atoms with E-state index in [0.29, 0.717) is 12.1 Å². The molecule has 3 aromatic carbocycles. The largest absolute Gasteiger partial charge is 0.398 e. The maximum absolute atomic E-state index is 6.52. The Morgan fingerprint density at radius 3 is 2.29 bits per heavy atom. The number of nitrogens with zero attached hydrogens (tertiary/aromatic N) is 2. The highest BCUT2D eigenvalue weighted by Gasteiger charge is 2.31. The predicted octanol–water partition coefficient (Wildman–Crippen LogP) is 5.70. The monoisotopic (exact) mass is 410 g/mol. The van der Waals surface area contributed by atoms with E-state index in [1.54, 1.807) is 0 Å². The van der Waals surface area contributed by atoms with Gasteiger partial charge in [0.2, 0.25) is 0 Å². The van der Waals surface area contributed by atoms with Crippen LogP contribution in [0.4, 0.5) is 11.4 Å². The highest BCUT2D eigenvalue weighted by Crippen LogP contribution is 2.38. The normalized spacial score (nSPS) is 16.5. The van der Waals surface area contributed by atoms with E-state index in [0.717, 1.165) is 41.1 Å². The molecule has 0 saturated carbocycles. The van der Waals surface area contributed by atoms with Gasteiger partial charge in [0.05, 0.1) is 23.1 Å². The number of nitrogen functional groups attached to an aromatic ring is 1. The topological polar surface area (TPSA) is 67.6 Å². The SMILES string of the molecule is CCc1ccc(C=C(N)C2=NN(c3ccccc3)C(c3ccc(CC)cc3N)C2)cc1. The summed E-state index contributed by atoms with van der Waals surface area (Å²) < 4.78 is 0. The number of hydrogen-bond acceptors (Lipinski definition) is 4. The fourth-order valence-corrected chi connectivity index (χ4v) is 4.01. The lowest BCUT2D eigenvalue weighted by molar-refractivity contribution is 0.710. The van der Waals surface area contributed by atoms with Gasteiger partial charge in [0.1, 0.15) is 0 Å². The van der Waals surface area contributed by atoms with Gasteiger partial charge >= 0.3 is 0 Å². The lowest BCUT2D eigenvalue weighted by Crippen LogP contribution is -2.19. The molecule has 0 saturated heterocycles. The van der Waals surface area contributed by atoms with Crippen molar-refractivity contribution in [3.05, 3.63) is 101 Å². The molecule has 158 valence electrons. The first-order chi connectivity index (χ1) is 15.1. The first-order valence-corrected chi connectivity index (χ1v) is 11.0. The van der Waals surface area contributed by atoms with Crippen LogP contribution in [0.5, 0.6) is 0 Å². The number of nitrogens with two attached hydrogens (primary N) is 2. The first-order valence-electron chi connectivity index (χ1n) is 11.0. The van der Waals surface area contributed by atoms with Gasteiger partial charge < -0.3 is 11.5 Å². The predicted molar refractivity (Wildman–Crippen MR) is 132 cm³/mol. The fraction of sp³-hybridized carbons (Fsp3) is 0.222. The van der Waals surface area contributed by atoms with Crippen LogP contribution in [0.3, 0.4) is 0 Å². The minimum absolute atomic E-state index is 0.0118. The fourth-order valence-electron chi connectivity index (χ4n) is 4.01. The van der Waals surface area contributed by atoms with Crippen molar-refractivity contribution in [2.75, 3.05) is 10.7 Å². The molecular formula is C27H30N4. The number of para-hydroxylation sites is 1. The Kier molecular flexibility index (Phi) is 6.08. The van der Waals surface area contributed by atoms with Crippen LogP contribution in [0.2, 0.25) is 0 Å². The van der Waals surface area contributed by atoms with Crippen molar-refractivity contribution in [3.8, 4) is 0 Å². The number of allylic oxidation sites excluding steroid dienone is 1. The third-order valence-electron chi connectivity index (χ3n) is 5.89. The summed E-state index contributed by atoms with van der Waals surface area (Å²) in [4.78, 5) is 0. The molecule has 4 N–H and O–H groups in total. The number of hydrazone groups is 1. The number of aryl methyl sites for hydroxylation is 2. The van der Waals surface area contributed by atoms with E-state index in [-0.39, 0.29) is 6.04 Å². The van der Waals surface area contributed by atoms with Gasteiger partial charge in [-0.2, -0.15) is 5.10 Å². The summed E-state index contributed by atoms with van der Waals surface area (Å²) >= 11 is 0. The Balaban J connectivity index is 1.68. The highest BCUT2D eigenvalue weighted by molar-refractivity contribution is 6.05. The molecule has 4 nitrogen and oxygen atoms in total. The van der Waals surface area contributed by atoms with Gasteiger partial charge in [-0.25, -0.2) is 0 Å². The molecular weight excluding hydrogens is 380 g/mol. The van der Waals surface area contributed by atoms with Gasteiger partial charge in [-0.15, -0.1) is 0 Å². The van der Waals surface area contributed by atoms with Crippen LogP contribution in [0.25, 0.3) is 6.08 Å². The highest BCUT2D eigenvalue weighted by atomic mass is 15.5. The van der Waals surface area contributed by atoms with Crippen molar-refractivity contribution in [1.82, 2.24) is 0 Å². The molecule has 31 heavy (non-hydrogen) atoms. The molecule has 1 atom stereocenters. The Labute approximate surface area is 184 Å². The second kappa shape index (κ2) is 9.09. The number of hydrogen-bond donors (Lipinski definition) is 2. The second-order valence-electron chi connectivity index (χ2n) is 7.96. The van der Waals surface area contributed by atoms with E-state index >= 15 is 0 Å². The zero-order valence-corrected chi connectivity index (χ0v) is 18.3. The van der Waals surface area contributed by atoms with E-state index in [9.17, 15) is 0 Å². The van der Waals surface area contributed by atoms with Gasteiger partial charge in [-0.1, -0.05) is 68.4 Å². The first kappa shape index (κ1) is 20.7. The summed E-state index contributed by atoms with van der Waals surface area (Å²) in [5.74, 6) is 0. The van der Waals surface area contributed by atoms with E-state index in [1.807, 2.05) is 29.3 Å². The third kappa shape index (κ3) is 4.48. The van der Waals surface area contributed by atoms with Crippen LogP contribution in [0.1, 0.15) is 48.6 Å². The van der Waals surface area contributed by atoms with Crippen molar-refractivity contribution in [2.24, 2.45) is 10.8 Å². The zero-order chi connectivity index (χ0) is 21.8. The molecule has 0 spiro atoms. The molecule has 0 fully saturated rings. The molecule has 1 heterocycles. The van der Waals surface area contributed by atoms with Crippen molar-refractivity contribution in [3.63, 3.8) is 0 Å². The smallest absolute Gasteiger partial charge is 0.0863 e. The minimum Gasteiger partial charge on any atom is -0.398 e. The van der Waals surface area contributed by atoms with Crippen molar-refractivity contribution >= 4 is 23.2 Å². The number of rotatable bonds is 6. The molecule has 3 aromatic rings. The molecule has 1 unspecified atom stereocenters. The van der Waals surface area contributed by atoms with Crippen LogP contribution >= 0.6 is 0 Å². The molecule has 1 aliphatic rings. The van der Waals surface area contributed by atoms with Crippen LogP contribution in [-0.4, -0.2) is 5.71 Å². The average molecular weight is 411 g/mol. The van der Waals surface area contributed by atoms with Crippen molar-refractivity contribution < 1.29 is 0 Å². The summed E-state index contributed by atoms with van der Waals surface area (Å²) in [6.45, 7) is 4.30. The van der Waals surface area contributed by atoms with Crippen LogP contribution < -0.4 is 16.5 Å². The second-order valence-corrected chi connectivity index (χ2v) is 7.96. The van der Waals surface area contributed by atoms with E-state index in [2.05, 4.69) is 68.4 Å². The average Bonchev–Trinajstić information content (AvgIpc) is 3.25. The standard InChI is InChI=1S/C27H30N4/c1-3-19-10-12-21(13-11-19)17-25(29)26-18-27(23-15-14-20(4-2)16-24(23)28)31(30-26)22-8-6-5-7-9-22/h5-17,27H,3-4,18,28-29H2,1-2H3. The number of anilines is 2. The molecule has 0 aliphatic carbocycles. The van der Waals surface area contributed by atoms with Gasteiger partial charge in [0.25, 0.3) is 0 Å². The summed E-state index contributed by atoms with van der Waals surface area (Å²) in [7, 11) is 0. The van der Waals surface area contributed by atoms with Gasteiger partial charge in [-0.05, 0) is 59.4 Å². The zero-order valence-electron chi connectivity index (χ0n) is 18.3. The van der Waals surface area contributed by atoms with Gasteiger partial charge in [0, 0.05) is 12.1 Å². The maximum Gasteiger partial charge on any atom is 0.0863 e. The van der Waals surface area contributed by atoms with Gasteiger partial charge in [0.15, 0.2) is 0 Å². The maximum atomic E-state index is 6.52. The molecule has 4 heteroatoms. The van der Waals surface area contributed by atoms with E-state index < -0.39 is 0 Å². The summed E-state index contributed by atoms with van der Waals surface area (Å²) in [5.41, 5.74) is 21.1. The summed E-state index contributed by atoms with van der Waals surface area (Å²) in [6.07, 6.45) is 4.71. The number of benzene rings is 3. The van der Waals surface area contributed by atoms with Crippen molar-refractivity contribution in [1.29, 1.82) is 0 Å². The van der Waals surface area contributed by atoms with E-state index in [1.165, 1.54) is 11.1 Å². The van der Waals surface area contributed by atoms with Crippen LogP contribution in [-0.2, 0) is 12.8 Å². The molecule has 0 radical (unpaired) electrons. The minimum atomic E-state index is 0.0118. The Bertz CT molecular complexity index is 1100. The summed E-state index contributed by atoms with van der Waals surface area (Å²) in [5, 5.41) is 6.98. The lowest BCUT2D eigenvalue weighted by Gasteiger charge is -2.25. The van der Waals surface area contributed by atoms with Gasteiger partial charge in [-0.3, -0.25) is 5.01 Å². The molecule has 0 bridgehead atoms.